The van der Waals surface area contributed by atoms with Gasteiger partial charge in [-0.25, -0.2) is 4.98 Å². The summed E-state index contributed by atoms with van der Waals surface area (Å²) in [6, 6.07) is 0. The first-order chi connectivity index (χ1) is 6.34. The van der Waals surface area contributed by atoms with Crippen LogP contribution in [-0.4, -0.2) is 10.8 Å². The van der Waals surface area contributed by atoms with Crippen molar-refractivity contribution < 1.29 is 4.79 Å². The Bertz CT molecular complexity index is 277. The van der Waals surface area contributed by atoms with E-state index in [1.165, 1.54) is 19.3 Å². The van der Waals surface area contributed by atoms with Gasteiger partial charge in [0.25, 0.3) is 0 Å². The van der Waals surface area contributed by atoms with E-state index in [-0.39, 0.29) is 0 Å². The molecule has 0 amide bonds. The van der Waals surface area contributed by atoms with Crippen LogP contribution in [0.2, 0.25) is 0 Å². The van der Waals surface area contributed by atoms with Crippen molar-refractivity contribution in [1.82, 2.24) is 4.98 Å². The molecule has 70 valence electrons. The van der Waals surface area contributed by atoms with Crippen molar-refractivity contribution in [2.24, 2.45) is 5.92 Å². The average Bonchev–Trinajstić information content (AvgIpc) is 2.49. The van der Waals surface area contributed by atoms with Gasteiger partial charge in [-0.15, -0.1) is 11.3 Å². The van der Waals surface area contributed by atoms with Crippen molar-refractivity contribution in [1.29, 1.82) is 0 Å². The van der Waals surface area contributed by atoms with E-state index in [2.05, 4.69) is 4.98 Å². The summed E-state index contributed by atoms with van der Waals surface area (Å²) in [4.78, 5) is 15.6. The molecule has 0 aliphatic heterocycles. The number of carbonyl (C=O) groups is 1. The van der Waals surface area contributed by atoms with E-state index in [9.17, 15) is 4.79 Å². The first-order valence-corrected chi connectivity index (χ1v) is 5.62. The van der Waals surface area contributed by atoms with Crippen LogP contribution in [0.1, 0.15) is 30.7 Å². The zero-order valence-corrected chi connectivity index (χ0v) is 8.35. The third-order valence-electron chi connectivity index (χ3n) is 2.57. The maximum atomic E-state index is 11.5. The van der Waals surface area contributed by atoms with Crippen LogP contribution in [0.3, 0.4) is 0 Å². The predicted octanol–water partition coefficient (Wildman–Crippen LogP) is 2.44. The normalized spacial score (nSPS) is 16.9. The lowest BCUT2D eigenvalue weighted by molar-refractivity contribution is -0.119. The summed E-state index contributed by atoms with van der Waals surface area (Å²) in [5.41, 5.74) is 0. The van der Waals surface area contributed by atoms with Gasteiger partial charge in [0, 0.05) is 18.0 Å². The summed E-state index contributed by atoms with van der Waals surface area (Å²) in [5, 5.41) is 2.88. The monoisotopic (exact) mass is 195 g/mol. The Morgan fingerprint density at radius 3 is 3.00 bits per heavy atom. The number of carbonyl (C=O) groups excluding carboxylic acids is 1. The van der Waals surface area contributed by atoms with Crippen LogP contribution in [0.5, 0.6) is 0 Å². The second-order valence-electron chi connectivity index (χ2n) is 3.64. The smallest absolute Gasteiger partial charge is 0.139 e. The van der Waals surface area contributed by atoms with Crippen LogP contribution in [0.25, 0.3) is 0 Å². The summed E-state index contributed by atoms with van der Waals surface area (Å²) < 4.78 is 0. The van der Waals surface area contributed by atoms with Crippen molar-refractivity contribution in [3.05, 3.63) is 16.6 Å². The van der Waals surface area contributed by atoms with Crippen molar-refractivity contribution in [2.45, 2.75) is 32.1 Å². The van der Waals surface area contributed by atoms with E-state index in [0.29, 0.717) is 18.1 Å². The molecule has 0 N–H and O–H groups in total. The third-order valence-corrected chi connectivity index (χ3v) is 3.35. The lowest BCUT2D eigenvalue weighted by Crippen LogP contribution is -2.16. The molecule has 1 aliphatic rings. The maximum absolute atomic E-state index is 11.5. The third kappa shape index (κ3) is 2.37. The molecule has 0 aromatic carbocycles. The number of Topliss-reactive ketones (excluding diaryl/α,β-unsaturated/α-hetero) is 1. The fourth-order valence-electron chi connectivity index (χ4n) is 1.60. The number of thiazole rings is 1. The van der Waals surface area contributed by atoms with Crippen molar-refractivity contribution in [3.8, 4) is 0 Å². The molecular weight excluding hydrogens is 182 g/mol. The van der Waals surface area contributed by atoms with Crippen molar-refractivity contribution in [2.75, 3.05) is 0 Å². The summed E-state index contributed by atoms with van der Waals surface area (Å²) in [7, 11) is 0. The quantitative estimate of drug-likeness (QED) is 0.738. The van der Waals surface area contributed by atoms with Crippen LogP contribution in [-0.2, 0) is 11.2 Å². The molecule has 0 saturated heterocycles. The minimum Gasteiger partial charge on any atom is -0.299 e. The highest BCUT2D eigenvalue weighted by Crippen LogP contribution is 2.29. The maximum Gasteiger partial charge on any atom is 0.139 e. The Balaban J connectivity index is 1.78. The van der Waals surface area contributed by atoms with E-state index in [0.717, 1.165) is 11.4 Å². The number of nitrogens with zero attached hydrogens (tertiary/aromatic N) is 1. The molecular formula is C10H13NOS. The molecule has 2 nitrogen and oxygen atoms in total. The highest BCUT2D eigenvalue weighted by Gasteiger charge is 2.20. The predicted molar refractivity (Wildman–Crippen MR) is 52.8 cm³/mol. The van der Waals surface area contributed by atoms with Gasteiger partial charge in [-0.1, -0.05) is 19.3 Å². The molecule has 0 bridgehead atoms. The molecule has 1 fully saturated rings. The van der Waals surface area contributed by atoms with Gasteiger partial charge in [-0.3, -0.25) is 4.79 Å². The van der Waals surface area contributed by atoms with Gasteiger partial charge >= 0.3 is 0 Å². The summed E-state index contributed by atoms with van der Waals surface area (Å²) in [5.74, 6) is 1.05. The Kier molecular flexibility index (Phi) is 2.74. The molecule has 1 saturated carbocycles. The molecule has 1 aliphatic carbocycles. The molecule has 0 radical (unpaired) electrons. The number of ketones is 1. The first kappa shape index (κ1) is 8.88. The number of hydrogen-bond acceptors (Lipinski definition) is 3. The molecule has 1 heterocycles. The Morgan fingerprint density at radius 1 is 1.62 bits per heavy atom. The van der Waals surface area contributed by atoms with Crippen LogP contribution < -0.4 is 0 Å². The van der Waals surface area contributed by atoms with Gasteiger partial charge in [0.2, 0.25) is 0 Å². The first-order valence-electron chi connectivity index (χ1n) is 4.74. The minimum absolute atomic E-state index is 0.361. The highest BCUT2D eigenvalue weighted by atomic mass is 32.1. The number of hydrogen-bond donors (Lipinski definition) is 0. The summed E-state index contributed by atoms with van der Waals surface area (Å²) in [6.45, 7) is 0. The topological polar surface area (TPSA) is 30.0 Å². The van der Waals surface area contributed by atoms with E-state index in [1.807, 2.05) is 5.38 Å². The second-order valence-corrected chi connectivity index (χ2v) is 4.62. The van der Waals surface area contributed by atoms with Gasteiger partial charge in [0.15, 0.2) is 0 Å². The molecule has 3 heteroatoms. The fraction of sp³-hybridized carbons (Fsp3) is 0.600. The van der Waals surface area contributed by atoms with Gasteiger partial charge in [-0.05, 0) is 5.92 Å². The van der Waals surface area contributed by atoms with Crippen LogP contribution >= 0.6 is 11.3 Å². The summed E-state index contributed by atoms with van der Waals surface area (Å²) in [6.07, 6.45) is 6.91. The molecule has 13 heavy (non-hydrogen) atoms. The Labute approximate surface area is 82.0 Å². The zero-order valence-electron chi connectivity index (χ0n) is 7.53. The summed E-state index contributed by atoms with van der Waals surface area (Å²) >= 11 is 1.57. The van der Waals surface area contributed by atoms with Crippen LogP contribution in [0, 0.1) is 5.92 Å². The molecule has 1 aromatic rings. The van der Waals surface area contributed by atoms with Crippen molar-refractivity contribution >= 4 is 17.1 Å². The molecule has 0 spiro atoms. The average molecular weight is 195 g/mol. The van der Waals surface area contributed by atoms with Gasteiger partial charge in [-0.2, -0.15) is 0 Å². The number of aromatic nitrogens is 1. The fourth-order valence-corrected chi connectivity index (χ4v) is 2.24. The Hall–Kier alpha value is -0.700. The van der Waals surface area contributed by atoms with Gasteiger partial charge < -0.3 is 0 Å². The molecule has 1 aromatic heterocycles. The highest BCUT2D eigenvalue weighted by molar-refractivity contribution is 7.09. The lowest BCUT2D eigenvalue weighted by atomic mass is 9.81. The van der Waals surface area contributed by atoms with E-state index < -0.39 is 0 Å². The minimum atomic E-state index is 0.361. The molecule has 2 rings (SSSR count). The van der Waals surface area contributed by atoms with Gasteiger partial charge in [0.05, 0.1) is 11.4 Å². The molecule has 0 unspecified atom stereocenters. The van der Waals surface area contributed by atoms with Crippen LogP contribution in [0.15, 0.2) is 11.6 Å². The lowest BCUT2D eigenvalue weighted by Gasteiger charge is -2.24. The standard InChI is InChI=1S/C10H13NOS/c12-9(6-8-2-1-3-8)7-10-11-4-5-13-10/h4-5,8H,1-3,6-7H2. The zero-order chi connectivity index (χ0) is 9.10. The van der Waals surface area contributed by atoms with Crippen LogP contribution in [0.4, 0.5) is 0 Å². The Morgan fingerprint density at radius 2 is 2.46 bits per heavy atom. The van der Waals surface area contributed by atoms with E-state index in [1.54, 1.807) is 17.5 Å². The van der Waals surface area contributed by atoms with Gasteiger partial charge in [0.1, 0.15) is 5.78 Å². The van der Waals surface area contributed by atoms with E-state index >= 15 is 0 Å². The largest absolute Gasteiger partial charge is 0.299 e. The SMILES string of the molecule is O=C(Cc1nccs1)CC1CCC1. The molecule has 0 atom stereocenters. The second kappa shape index (κ2) is 4.01. The van der Waals surface area contributed by atoms with Crippen molar-refractivity contribution in [3.63, 3.8) is 0 Å². The number of rotatable bonds is 4. The van der Waals surface area contributed by atoms with E-state index in [4.69, 9.17) is 0 Å².